The smallest absolute Gasteiger partial charge is 0.139 e. The molecular formula is C28H31ClF2O2Si. The molecule has 2 nitrogen and oxygen atoms in total. The number of hydrogen-bond acceptors (Lipinski definition) is 2. The Kier molecular flexibility index (Phi) is 9.06. The second kappa shape index (κ2) is 11.8. The van der Waals surface area contributed by atoms with Gasteiger partial charge in [0, 0.05) is 25.4 Å². The van der Waals surface area contributed by atoms with Crippen molar-refractivity contribution in [2.45, 2.75) is 50.5 Å². The fourth-order valence-electron chi connectivity index (χ4n) is 3.94. The molecule has 0 aliphatic carbocycles. The van der Waals surface area contributed by atoms with E-state index in [2.05, 4.69) is 19.6 Å². The van der Waals surface area contributed by atoms with E-state index in [1.54, 1.807) is 48.5 Å². The minimum Gasteiger partial charge on any atom is -0.457 e. The topological polar surface area (TPSA) is 29.5 Å². The zero-order valence-corrected chi connectivity index (χ0v) is 21.5. The van der Waals surface area contributed by atoms with Crippen molar-refractivity contribution in [3.8, 4) is 11.5 Å². The van der Waals surface area contributed by atoms with Crippen molar-refractivity contribution in [2.75, 3.05) is 0 Å². The summed E-state index contributed by atoms with van der Waals surface area (Å²) in [6.45, 7) is 6.43. The van der Waals surface area contributed by atoms with E-state index in [1.807, 2.05) is 30.3 Å². The lowest BCUT2D eigenvalue weighted by Crippen LogP contribution is -2.28. The third kappa shape index (κ3) is 8.08. The summed E-state index contributed by atoms with van der Waals surface area (Å²) in [5.41, 5.74) is 1.19. The highest BCUT2D eigenvalue weighted by Crippen LogP contribution is 2.36. The highest BCUT2D eigenvalue weighted by Gasteiger charge is 2.27. The Hall–Kier alpha value is -2.47. The normalized spacial score (nSPS) is 14.3. The fraction of sp³-hybridized carbons (Fsp3) is 0.286. The Labute approximate surface area is 206 Å². The predicted octanol–water partition coefficient (Wildman–Crippen LogP) is 8.70. The second-order valence-electron chi connectivity index (χ2n) is 9.75. The van der Waals surface area contributed by atoms with Crippen molar-refractivity contribution in [1.82, 2.24) is 0 Å². The maximum Gasteiger partial charge on any atom is 0.139 e. The Balaban J connectivity index is 1.83. The van der Waals surface area contributed by atoms with Gasteiger partial charge >= 0.3 is 0 Å². The largest absolute Gasteiger partial charge is 0.457 e. The Bertz CT molecular complexity index is 1100. The third-order valence-corrected chi connectivity index (χ3v) is 7.38. The number of para-hydroxylation sites is 1. The van der Waals surface area contributed by atoms with Crippen molar-refractivity contribution in [1.29, 1.82) is 0 Å². The fourth-order valence-corrected chi connectivity index (χ4v) is 5.65. The maximum absolute atomic E-state index is 15.5. The Morgan fingerprint density at radius 2 is 1.56 bits per heavy atom. The molecule has 34 heavy (non-hydrogen) atoms. The first-order valence-corrected chi connectivity index (χ1v) is 15.5. The SMILES string of the molecule is C[Si](C)(C)CC(O)CC(/C(F)=C(\F)Cc1cccc(Oc2ccccc2)c1)c1ccc(Cl)cc1. The molecule has 0 fully saturated rings. The van der Waals surface area contributed by atoms with Gasteiger partial charge in [-0.25, -0.2) is 8.78 Å². The molecular weight excluding hydrogens is 470 g/mol. The monoisotopic (exact) mass is 500 g/mol. The third-order valence-electron chi connectivity index (χ3n) is 5.43. The minimum absolute atomic E-state index is 0.113. The average Bonchev–Trinajstić information content (AvgIpc) is 2.77. The number of benzene rings is 3. The van der Waals surface area contributed by atoms with Gasteiger partial charge in [0.25, 0.3) is 0 Å². The van der Waals surface area contributed by atoms with Crippen LogP contribution in [0.15, 0.2) is 90.5 Å². The lowest BCUT2D eigenvalue weighted by atomic mass is 9.91. The van der Waals surface area contributed by atoms with Gasteiger partial charge in [0.05, 0.1) is 6.10 Å². The van der Waals surface area contributed by atoms with Crippen LogP contribution < -0.4 is 4.74 Å². The molecule has 0 radical (unpaired) electrons. The zero-order valence-electron chi connectivity index (χ0n) is 19.8. The number of rotatable bonds is 10. The summed E-state index contributed by atoms with van der Waals surface area (Å²) in [4.78, 5) is 0. The van der Waals surface area contributed by atoms with E-state index in [0.29, 0.717) is 33.7 Å². The van der Waals surface area contributed by atoms with Crippen LogP contribution in [0, 0.1) is 0 Å². The quantitative estimate of drug-likeness (QED) is 0.282. The molecule has 180 valence electrons. The first-order chi connectivity index (χ1) is 16.1. The van der Waals surface area contributed by atoms with Crippen LogP contribution in [0.5, 0.6) is 11.5 Å². The van der Waals surface area contributed by atoms with Gasteiger partial charge in [-0.3, -0.25) is 0 Å². The molecule has 2 unspecified atom stereocenters. The standard InChI is InChI=1S/C28H31ClF2O2Si/c1-34(2,3)19-23(32)18-26(21-12-14-22(29)15-13-21)28(31)27(30)17-20-8-7-11-25(16-20)33-24-9-5-4-6-10-24/h4-16,23,26,32H,17-19H2,1-3H3/b28-27+. The summed E-state index contributed by atoms with van der Waals surface area (Å²) in [5, 5.41) is 11.2. The molecule has 0 aliphatic heterocycles. The van der Waals surface area contributed by atoms with Gasteiger partial charge in [-0.05, 0) is 60.0 Å². The van der Waals surface area contributed by atoms with Gasteiger partial charge in [-0.2, -0.15) is 0 Å². The van der Waals surface area contributed by atoms with E-state index < -0.39 is 31.7 Å². The molecule has 0 aliphatic rings. The van der Waals surface area contributed by atoms with Crippen LogP contribution in [0.25, 0.3) is 0 Å². The molecule has 3 rings (SSSR count). The van der Waals surface area contributed by atoms with Crippen molar-refractivity contribution < 1.29 is 18.6 Å². The van der Waals surface area contributed by atoms with Crippen molar-refractivity contribution in [2.24, 2.45) is 0 Å². The van der Waals surface area contributed by atoms with Crippen LogP contribution in [0.3, 0.4) is 0 Å². The molecule has 0 bridgehead atoms. The number of hydrogen-bond donors (Lipinski definition) is 1. The van der Waals surface area contributed by atoms with E-state index in [-0.39, 0.29) is 12.8 Å². The lowest BCUT2D eigenvalue weighted by Gasteiger charge is -2.24. The molecule has 0 saturated carbocycles. The number of allylic oxidation sites excluding steroid dienone is 2. The molecule has 0 spiro atoms. The van der Waals surface area contributed by atoms with Crippen LogP contribution in [-0.2, 0) is 6.42 Å². The van der Waals surface area contributed by atoms with Crippen molar-refractivity contribution >= 4 is 19.7 Å². The summed E-state index contributed by atoms with van der Waals surface area (Å²) < 4.78 is 36.5. The summed E-state index contributed by atoms with van der Waals surface area (Å²) in [7, 11) is -1.58. The van der Waals surface area contributed by atoms with Crippen LogP contribution in [0.4, 0.5) is 8.78 Å². The highest BCUT2D eigenvalue weighted by atomic mass is 35.5. The molecule has 3 aromatic rings. The first-order valence-electron chi connectivity index (χ1n) is 11.4. The van der Waals surface area contributed by atoms with Crippen LogP contribution in [-0.4, -0.2) is 19.3 Å². The van der Waals surface area contributed by atoms with Gasteiger partial charge in [-0.15, -0.1) is 0 Å². The van der Waals surface area contributed by atoms with E-state index in [9.17, 15) is 5.11 Å². The summed E-state index contributed by atoms with van der Waals surface area (Å²) in [6, 6.07) is 23.6. The molecule has 2 atom stereocenters. The molecule has 3 aromatic carbocycles. The predicted molar refractivity (Wildman–Crippen MR) is 139 cm³/mol. The molecule has 6 heteroatoms. The van der Waals surface area contributed by atoms with Gasteiger partial charge in [0.15, 0.2) is 0 Å². The zero-order chi connectivity index (χ0) is 24.7. The van der Waals surface area contributed by atoms with E-state index >= 15 is 8.78 Å². The minimum atomic E-state index is -1.58. The molecule has 0 heterocycles. The summed E-state index contributed by atoms with van der Waals surface area (Å²) in [5.74, 6) is -1.37. The van der Waals surface area contributed by atoms with E-state index in [4.69, 9.17) is 16.3 Å². The maximum atomic E-state index is 15.5. The first kappa shape index (κ1) is 26.1. The van der Waals surface area contributed by atoms with Crippen LogP contribution >= 0.6 is 11.6 Å². The molecule has 0 amide bonds. The summed E-state index contributed by atoms with van der Waals surface area (Å²) >= 11 is 6.00. The summed E-state index contributed by atoms with van der Waals surface area (Å²) in [6.07, 6.45) is -0.803. The molecule has 0 aromatic heterocycles. The second-order valence-corrected chi connectivity index (χ2v) is 15.7. The number of aliphatic hydroxyl groups is 1. The highest BCUT2D eigenvalue weighted by molar-refractivity contribution is 6.76. The average molecular weight is 501 g/mol. The number of ether oxygens (including phenoxy) is 1. The Morgan fingerprint density at radius 1 is 0.912 bits per heavy atom. The van der Waals surface area contributed by atoms with Crippen molar-refractivity contribution in [3.63, 3.8) is 0 Å². The van der Waals surface area contributed by atoms with E-state index in [1.165, 1.54) is 0 Å². The number of aliphatic hydroxyl groups excluding tert-OH is 1. The van der Waals surface area contributed by atoms with Gasteiger partial charge in [-0.1, -0.05) is 73.7 Å². The lowest BCUT2D eigenvalue weighted by molar-refractivity contribution is 0.172. The van der Waals surface area contributed by atoms with Crippen LogP contribution in [0.2, 0.25) is 30.7 Å². The number of halogens is 3. The van der Waals surface area contributed by atoms with Crippen LogP contribution in [0.1, 0.15) is 23.5 Å². The van der Waals surface area contributed by atoms with Gasteiger partial charge in [0.2, 0.25) is 0 Å². The molecule has 1 N–H and O–H groups in total. The Morgan fingerprint density at radius 3 is 2.21 bits per heavy atom. The van der Waals surface area contributed by atoms with Gasteiger partial charge < -0.3 is 9.84 Å². The molecule has 0 saturated heterocycles. The van der Waals surface area contributed by atoms with E-state index in [0.717, 1.165) is 0 Å². The van der Waals surface area contributed by atoms with Gasteiger partial charge in [0.1, 0.15) is 23.2 Å². The van der Waals surface area contributed by atoms with Crippen molar-refractivity contribution in [3.05, 3.63) is 107 Å².